The van der Waals surface area contributed by atoms with Gasteiger partial charge in [0.25, 0.3) is 0 Å². The molecule has 1 aliphatic heterocycles. The number of sulfonamides is 1. The molecule has 2 rings (SSSR count). The maximum atomic E-state index is 12.9. The second-order valence-electron chi connectivity index (χ2n) is 6.09. The quantitative estimate of drug-likeness (QED) is 0.780. The lowest BCUT2D eigenvalue weighted by molar-refractivity contribution is 0.272. The van der Waals surface area contributed by atoms with Crippen molar-refractivity contribution in [2.75, 3.05) is 24.6 Å². The third-order valence-corrected chi connectivity index (χ3v) is 9.07. The topological polar surface area (TPSA) is 97.5 Å². The van der Waals surface area contributed by atoms with E-state index in [0.29, 0.717) is 13.1 Å². The molecule has 2 unspecified atom stereocenters. The van der Waals surface area contributed by atoms with Gasteiger partial charge >= 0.3 is 0 Å². The standard InChI is InChI=1S/C13H26N2O4S2/c1-2-15(13-5-3-4-11(13)10-14)21(18,19)12-6-8-20(16,17)9-7-12/h11-13H,2-10,14H2,1H3. The fraction of sp³-hybridized carbons (Fsp3) is 1.00. The van der Waals surface area contributed by atoms with Gasteiger partial charge in [-0.2, -0.15) is 4.31 Å². The van der Waals surface area contributed by atoms with Gasteiger partial charge in [-0.25, -0.2) is 16.8 Å². The van der Waals surface area contributed by atoms with E-state index in [1.54, 1.807) is 4.31 Å². The zero-order valence-corrected chi connectivity index (χ0v) is 14.2. The van der Waals surface area contributed by atoms with Crippen molar-refractivity contribution in [2.45, 2.75) is 50.3 Å². The molecule has 0 spiro atoms. The van der Waals surface area contributed by atoms with Crippen molar-refractivity contribution in [2.24, 2.45) is 11.7 Å². The van der Waals surface area contributed by atoms with Crippen molar-refractivity contribution < 1.29 is 16.8 Å². The van der Waals surface area contributed by atoms with Gasteiger partial charge in [-0.3, -0.25) is 0 Å². The Labute approximate surface area is 128 Å². The molecule has 0 bridgehead atoms. The summed E-state index contributed by atoms with van der Waals surface area (Å²) in [5.74, 6) is 0.200. The molecule has 21 heavy (non-hydrogen) atoms. The third-order valence-electron chi connectivity index (χ3n) is 4.85. The van der Waals surface area contributed by atoms with Crippen LogP contribution in [0.25, 0.3) is 0 Å². The van der Waals surface area contributed by atoms with Crippen LogP contribution in [0.1, 0.15) is 39.0 Å². The fourth-order valence-electron chi connectivity index (χ4n) is 3.63. The molecule has 0 aromatic rings. The van der Waals surface area contributed by atoms with E-state index in [1.807, 2.05) is 6.92 Å². The summed E-state index contributed by atoms with van der Waals surface area (Å²) < 4.78 is 50.3. The van der Waals surface area contributed by atoms with E-state index in [-0.39, 0.29) is 36.3 Å². The smallest absolute Gasteiger partial charge is 0.217 e. The Balaban J connectivity index is 2.16. The molecule has 6 nitrogen and oxygen atoms in total. The summed E-state index contributed by atoms with van der Waals surface area (Å²) in [7, 11) is -6.48. The first-order valence-corrected chi connectivity index (χ1v) is 11.1. The Bertz CT molecular complexity index is 545. The number of nitrogens with two attached hydrogens (primary N) is 1. The van der Waals surface area contributed by atoms with Crippen molar-refractivity contribution in [1.82, 2.24) is 4.31 Å². The normalized spacial score (nSPS) is 30.8. The average Bonchev–Trinajstić information content (AvgIpc) is 2.87. The van der Waals surface area contributed by atoms with E-state index >= 15 is 0 Å². The molecule has 0 aromatic heterocycles. The van der Waals surface area contributed by atoms with Crippen LogP contribution < -0.4 is 5.73 Å². The largest absolute Gasteiger partial charge is 0.330 e. The van der Waals surface area contributed by atoms with Crippen molar-refractivity contribution in [3.63, 3.8) is 0 Å². The van der Waals surface area contributed by atoms with Gasteiger partial charge in [0.2, 0.25) is 10.0 Å². The second kappa shape index (κ2) is 6.52. The molecule has 0 radical (unpaired) electrons. The molecule has 8 heteroatoms. The predicted molar refractivity (Wildman–Crippen MR) is 83.2 cm³/mol. The van der Waals surface area contributed by atoms with Gasteiger partial charge in [0.05, 0.1) is 16.8 Å². The maximum absolute atomic E-state index is 12.9. The van der Waals surface area contributed by atoms with Crippen LogP contribution in [0.4, 0.5) is 0 Å². The summed E-state index contributed by atoms with van der Waals surface area (Å²) in [6.45, 7) is 2.80. The molecule has 1 aliphatic carbocycles. The molecule has 2 aliphatic rings. The molecule has 1 saturated heterocycles. The Morgan fingerprint density at radius 3 is 2.29 bits per heavy atom. The van der Waals surface area contributed by atoms with Crippen LogP contribution in [0.3, 0.4) is 0 Å². The molecule has 2 N–H and O–H groups in total. The molecular formula is C13H26N2O4S2. The molecule has 124 valence electrons. The summed E-state index contributed by atoms with van der Waals surface area (Å²) in [5, 5.41) is -0.556. The Hall–Kier alpha value is -0.180. The summed E-state index contributed by atoms with van der Waals surface area (Å²) in [6, 6.07) is -0.0106. The lowest BCUT2D eigenvalue weighted by Gasteiger charge is -2.35. The summed E-state index contributed by atoms with van der Waals surface area (Å²) in [4.78, 5) is 0. The van der Waals surface area contributed by atoms with Gasteiger partial charge in [-0.1, -0.05) is 13.3 Å². The van der Waals surface area contributed by atoms with E-state index < -0.39 is 25.1 Å². The highest BCUT2D eigenvalue weighted by Crippen LogP contribution is 2.33. The van der Waals surface area contributed by atoms with Gasteiger partial charge < -0.3 is 5.73 Å². The van der Waals surface area contributed by atoms with Crippen LogP contribution in [-0.4, -0.2) is 57.0 Å². The lowest BCUT2D eigenvalue weighted by atomic mass is 10.0. The van der Waals surface area contributed by atoms with Crippen molar-refractivity contribution in [3.05, 3.63) is 0 Å². The van der Waals surface area contributed by atoms with Gasteiger partial charge in [0, 0.05) is 12.6 Å². The number of sulfone groups is 1. The van der Waals surface area contributed by atoms with Crippen LogP contribution in [0.2, 0.25) is 0 Å². The van der Waals surface area contributed by atoms with Crippen molar-refractivity contribution in [3.8, 4) is 0 Å². The van der Waals surface area contributed by atoms with E-state index in [1.165, 1.54) is 0 Å². The molecule has 1 heterocycles. The zero-order valence-electron chi connectivity index (χ0n) is 12.6. The van der Waals surface area contributed by atoms with Gasteiger partial charge in [0.1, 0.15) is 9.84 Å². The highest BCUT2D eigenvalue weighted by atomic mass is 32.2. The van der Waals surface area contributed by atoms with Crippen LogP contribution in [-0.2, 0) is 19.9 Å². The monoisotopic (exact) mass is 338 g/mol. The van der Waals surface area contributed by atoms with E-state index in [2.05, 4.69) is 0 Å². The SMILES string of the molecule is CCN(C1CCCC1CN)S(=O)(=O)C1CCS(=O)(=O)CC1. The first-order chi connectivity index (χ1) is 9.81. The summed E-state index contributed by atoms with van der Waals surface area (Å²) in [6.07, 6.45) is 3.30. The summed E-state index contributed by atoms with van der Waals surface area (Å²) in [5.41, 5.74) is 5.77. The Kier molecular flexibility index (Phi) is 5.33. The first kappa shape index (κ1) is 17.2. The van der Waals surface area contributed by atoms with Crippen LogP contribution in [0.5, 0.6) is 0 Å². The number of nitrogens with zero attached hydrogens (tertiary/aromatic N) is 1. The minimum absolute atomic E-state index is 0.0106. The number of hydrogen-bond acceptors (Lipinski definition) is 5. The maximum Gasteiger partial charge on any atom is 0.217 e. The molecule has 2 fully saturated rings. The first-order valence-electron chi connectivity index (χ1n) is 7.73. The molecule has 1 saturated carbocycles. The van der Waals surface area contributed by atoms with Crippen LogP contribution >= 0.6 is 0 Å². The predicted octanol–water partition coefficient (Wildman–Crippen LogP) is 0.343. The molecular weight excluding hydrogens is 312 g/mol. The van der Waals surface area contributed by atoms with Crippen molar-refractivity contribution in [1.29, 1.82) is 0 Å². The highest BCUT2D eigenvalue weighted by molar-refractivity contribution is 7.92. The number of hydrogen-bond donors (Lipinski definition) is 1. The minimum Gasteiger partial charge on any atom is -0.330 e. The zero-order chi connectivity index (χ0) is 15.7. The minimum atomic E-state index is -3.44. The lowest BCUT2D eigenvalue weighted by Crippen LogP contribution is -2.49. The van der Waals surface area contributed by atoms with Crippen molar-refractivity contribution >= 4 is 19.9 Å². The van der Waals surface area contributed by atoms with E-state index in [0.717, 1.165) is 19.3 Å². The average molecular weight is 338 g/mol. The highest BCUT2D eigenvalue weighted by Gasteiger charge is 2.42. The van der Waals surface area contributed by atoms with E-state index in [9.17, 15) is 16.8 Å². The molecule has 0 aromatic carbocycles. The van der Waals surface area contributed by atoms with Crippen LogP contribution in [0.15, 0.2) is 0 Å². The van der Waals surface area contributed by atoms with E-state index in [4.69, 9.17) is 5.73 Å². The second-order valence-corrected chi connectivity index (χ2v) is 10.6. The number of rotatable bonds is 5. The Morgan fingerprint density at radius 2 is 1.76 bits per heavy atom. The Morgan fingerprint density at radius 1 is 1.14 bits per heavy atom. The summed E-state index contributed by atoms with van der Waals surface area (Å²) >= 11 is 0. The van der Waals surface area contributed by atoms with Gasteiger partial charge in [-0.15, -0.1) is 0 Å². The van der Waals surface area contributed by atoms with Gasteiger partial charge in [-0.05, 0) is 38.1 Å². The van der Waals surface area contributed by atoms with Crippen LogP contribution in [0, 0.1) is 5.92 Å². The van der Waals surface area contributed by atoms with Gasteiger partial charge in [0.15, 0.2) is 0 Å². The molecule has 2 atom stereocenters. The third kappa shape index (κ3) is 3.60. The fourth-order valence-corrected chi connectivity index (χ4v) is 7.65. The molecule has 0 amide bonds.